The van der Waals surface area contributed by atoms with E-state index in [-0.39, 0.29) is 6.61 Å². The second kappa shape index (κ2) is 26.4. The van der Waals surface area contributed by atoms with Crippen molar-refractivity contribution < 1.29 is 47.6 Å². The summed E-state index contributed by atoms with van der Waals surface area (Å²) in [6.45, 7) is 11.9. The molecule has 0 aliphatic rings. The fourth-order valence-electron chi connectivity index (χ4n) is 5.75. The van der Waals surface area contributed by atoms with Gasteiger partial charge in [-0.1, -0.05) is 84.3 Å². The van der Waals surface area contributed by atoms with E-state index in [0.717, 1.165) is 56.4 Å². The van der Waals surface area contributed by atoms with Crippen molar-refractivity contribution >= 4 is 23.9 Å². The van der Waals surface area contributed by atoms with Gasteiger partial charge in [0, 0.05) is 12.2 Å². The summed E-state index contributed by atoms with van der Waals surface area (Å²) < 4.78 is 33.1. The first-order chi connectivity index (χ1) is 27.2. The Hall–Kier alpha value is -5.38. The molecular formula is C46H58O10. The molecule has 0 aromatic heterocycles. The van der Waals surface area contributed by atoms with Crippen LogP contribution in [0.25, 0.3) is 0 Å². The Kier molecular flexibility index (Phi) is 21.2. The third-order valence-electron chi connectivity index (χ3n) is 8.97. The highest BCUT2D eigenvalue weighted by Gasteiger charge is 2.16. The molecule has 0 saturated heterocycles. The van der Waals surface area contributed by atoms with Crippen LogP contribution in [-0.4, -0.2) is 49.8 Å². The molecule has 0 amide bonds. The van der Waals surface area contributed by atoms with E-state index >= 15 is 0 Å². The fourth-order valence-corrected chi connectivity index (χ4v) is 5.75. The summed E-state index contributed by atoms with van der Waals surface area (Å²) in [4.78, 5) is 48.7. The minimum Gasteiger partial charge on any atom is -0.494 e. The Morgan fingerprint density at radius 1 is 0.589 bits per heavy atom. The average molecular weight is 771 g/mol. The molecule has 3 aromatic carbocycles. The van der Waals surface area contributed by atoms with Crippen molar-refractivity contribution in [3.63, 3.8) is 0 Å². The summed E-state index contributed by atoms with van der Waals surface area (Å²) in [6, 6.07) is 18.5. The van der Waals surface area contributed by atoms with Gasteiger partial charge in [-0.15, -0.1) is 0 Å². The number of hydrogen-bond donors (Lipinski definition) is 0. The summed E-state index contributed by atoms with van der Waals surface area (Å²) in [5, 5.41) is 0. The number of benzene rings is 3. The molecule has 0 saturated carbocycles. The average Bonchev–Trinajstić information content (AvgIpc) is 3.21. The van der Waals surface area contributed by atoms with E-state index in [9.17, 15) is 19.2 Å². The van der Waals surface area contributed by atoms with Gasteiger partial charge in [0.15, 0.2) is 0 Å². The van der Waals surface area contributed by atoms with Gasteiger partial charge in [0.1, 0.15) is 35.7 Å². The van der Waals surface area contributed by atoms with E-state index in [1.54, 1.807) is 73.7 Å². The number of aryl methyl sites for hydroxylation is 1. The monoisotopic (exact) mass is 770 g/mol. The second-order valence-corrected chi connectivity index (χ2v) is 13.6. The van der Waals surface area contributed by atoms with E-state index in [4.69, 9.17) is 28.4 Å². The molecule has 0 spiro atoms. The third kappa shape index (κ3) is 17.8. The minimum absolute atomic E-state index is 0.0335. The highest BCUT2D eigenvalue weighted by Crippen LogP contribution is 2.24. The molecule has 56 heavy (non-hydrogen) atoms. The first-order valence-electron chi connectivity index (χ1n) is 19.8. The lowest BCUT2D eigenvalue weighted by Crippen LogP contribution is -2.24. The molecular weight excluding hydrogens is 712 g/mol. The normalized spacial score (nSPS) is 11.2. The van der Waals surface area contributed by atoms with Gasteiger partial charge in [-0.2, -0.15) is 0 Å². The number of hydrogen-bond acceptors (Lipinski definition) is 10. The Morgan fingerprint density at radius 2 is 1.09 bits per heavy atom. The van der Waals surface area contributed by atoms with Crippen LogP contribution in [0.4, 0.5) is 0 Å². The third-order valence-corrected chi connectivity index (χ3v) is 8.97. The highest BCUT2D eigenvalue weighted by molar-refractivity contribution is 5.93. The minimum atomic E-state index is -0.572. The van der Waals surface area contributed by atoms with Gasteiger partial charge < -0.3 is 28.4 Å². The molecule has 1 atom stereocenters. The van der Waals surface area contributed by atoms with E-state index in [0.29, 0.717) is 53.6 Å². The van der Waals surface area contributed by atoms with Gasteiger partial charge in [-0.3, -0.25) is 0 Å². The molecule has 0 bridgehead atoms. The van der Waals surface area contributed by atoms with Gasteiger partial charge in [0.2, 0.25) is 0 Å². The first kappa shape index (κ1) is 45.0. The Bertz CT molecular complexity index is 1660. The number of ether oxygens (including phenoxy) is 6. The second-order valence-electron chi connectivity index (χ2n) is 13.6. The molecule has 0 radical (unpaired) electrons. The highest BCUT2D eigenvalue weighted by atomic mass is 16.6. The predicted molar refractivity (Wildman–Crippen MR) is 217 cm³/mol. The van der Waals surface area contributed by atoms with E-state index in [2.05, 4.69) is 20.1 Å². The van der Waals surface area contributed by atoms with Crippen LogP contribution in [-0.2, 0) is 19.1 Å². The Labute approximate surface area is 332 Å². The lowest BCUT2D eigenvalue weighted by Gasteiger charge is -2.16. The largest absolute Gasteiger partial charge is 0.494 e. The van der Waals surface area contributed by atoms with Crippen LogP contribution < -0.4 is 18.9 Å². The molecule has 10 heteroatoms. The molecule has 3 aromatic rings. The van der Waals surface area contributed by atoms with Crippen LogP contribution in [0.3, 0.4) is 0 Å². The number of unbranched alkanes of at least 4 members (excludes halogenated alkanes) is 11. The predicted octanol–water partition coefficient (Wildman–Crippen LogP) is 10.5. The SMILES string of the molecule is C=CC(=O)OCC(CCCCCCOc1ccc(OC(=O)c2ccc(OC(=O)c3ccc(OCCCCCCCCCCC)cc3)c(C)c2)cc1)OC(=O)C=C. The smallest absolute Gasteiger partial charge is 0.343 e. The maximum Gasteiger partial charge on any atom is 0.343 e. The van der Waals surface area contributed by atoms with Crippen LogP contribution in [0, 0.1) is 6.92 Å². The lowest BCUT2D eigenvalue weighted by molar-refractivity contribution is -0.153. The van der Waals surface area contributed by atoms with E-state index in [1.807, 2.05) is 0 Å². The molecule has 0 N–H and O–H groups in total. The summed E-state index contributed by atoms with van der Waals surface area (Å²) >= 11 is 0. The van der Waals surface area contributed by atoms with Crippen molar-refractivity contribution in [3.05, 3.63) is 109 Å². The van der Waals surface area contributed by atoms with Crippen molar-refractivity contribution in [1.29, 1.82) is 0 Å². The molecule has 302 valence electrons. The van der Waals surface area contributed by atoms with Crippen LogP contribution >= 0.6 is 0 Å². The topological polar surface area (TPSA) is 124 Å². The van der Waals surface area contributed by atoms with Crippen LogP contribution in [0.15, 0.2) is 92.0 Å². The first-order valence-corrected chi connectivity index (χ1v) is 19.8. The summed E-state index contributed by atoms with van der Waals surface area (Å²) in [5.41, 5.74) is 1.33. The van der Waals surface area contributed by atoms with Gasteiger partial charge in [-0.05, 0) is 105 Å². The molecule has 0 heterocycles. The van der Waals surface area contributed by atoms with Crippen LogP contribution in [0.2, 0.25) is 0 Å². The lowest BCUT2D eigenvalue weighted by atomic mass is 10.1. The molecule has 1 unspecified atom stereocenters. The molecule has 0 aliphatic heterocycles. The Morgan fingerprint density at radius 3 is 1.66 bits per heavy atom. The zero-order valence-corrected chi connectivity index (χ0v) is 33.1. The Balaban J connectivity index is 1.33. The van der Waals surface area contributed by atoms with E-state index in [1.165, 1.54) is 44.9 Å². The molecule has 0 aliphatic carbocycles. The number of carbonyl (C=O) groups excluding carboxylic acids is 4. The van der Waals surface area contributed by atoms with Crippen LogP contribution in [0.5, 0.6) is 23.0 Å². The van der Waals surface area contributed by atoms with Crippen LogP contribution in [0.1, 0.15) is 123 Å². The van der Waals surface area contributed by atoms with Gasteiger partial charge in [0.25, 0.3) is 0 Å². The van der Waals surface area contributed by atoms with Crippen molar-refractivity contribution in [2.45, 2.75) is 110 Å². The summed E-state index contributed by atoms with van der Waals surface area (Å²) in [5.74, 6) is -0.107. The maximum absolute atomic E-state index is 12.9. The van der Waals surface area contributed by atoms with Gasteiger partial charge in [0.05, 0.1) is 24.3 Å². The molecule has 0 fully saturated rings. The van der Waals surface area contributed by atoms with Crippen molar-refractivity contribution in [1.82, 2.24) is 0 Å². The van der Waals surface area contributed by atoms with E-state index < -0.39 is 30.0 Å². The molecule has 3 rings (SSSR count). The maximum atomic E-state index is 12.9. The van der Waals surface area contributed by atoms with Crippen molar-refractivity contribution in [3.8, 4) is 23.0 Å². The standard InChI is InChI=1S/C46H58O10/c1-5-8-9-10-11-12-13-15-18-31-51-38-24-21-36(22-25-38)45(49)56-42-30-23-37(33-35(42)4)46(50)55-40-28-26-39(27-29-40)52-32-19-16-14-17-20-41(54-44(48)7-3)34-53-43(47)6-2/h6-7,21-30,33,41H,2-3,5,8-20,31-32,34H2,1,4H3. The fraction of sp³-hybridized carbons (Fsp3) is 0.435. The number of rotatable bonds is 28. The quantitative estimate of drug-likeness (QED) is 0.0305. The molecule has 10 nitrogen and oxygen atoms in total. The van der Waals surface area contributed by atoms with Gasteiger partial charge >= 0.3 is 23.9 Å². The van der Waals surface area contributed by atoms with Crippen molar-refractivity contribution in [2.75, 3.05) is 19.8 Å². The van der Waals surface area contributed by atoms with Gasteiger partial charge in [-0.25, -0.2) is 19.2 Å². The number of esters is 4. The summed E-state index contributed by atoms with van der Waals surface area (Å²) in [6.07, 6.45) is 16.8. The summed E-state index contributed by atoms with van der Waals surface area (Å²) in [7, 11) is 0. The zero-order chi connectivity index (χ0) is 40.4. The van der Waals surface area contributed by atoms with Crippen molar-refractivity contribution in [2.24, 2.45) is 0 Å². The zero-order valence-electron chi connectivity index (χ0n) is 33.1. The number of carbonyl (C=O) groups is 4.